The molecular weight excluding hydrogens is 274 g/mol. The van der Waals surface area contributed by atoms with Crippen LogP contribution in [0.5, 0.6) is 0 Å². The molecule has 2 fully saturated rings. The largest absolute Gasteiger partial charge is 0.381 e. The lowest BCUT2D eigenvalue weighted by atomic mass is 9.74. The van der Waals surface area contributed by atoms with Crippen LogP contribution in [-0.2, 0) is 10.2 Å². The van der Waals surface area contributed by atoms with Gasteiger partial charge in [0.05, 0.1) is 0 Å². The predicted molar refractivity (Wildman–Crippen MR) is 90.3 cm³/mol. The van der Waals surface area contributed by atoms with Crippen LogP contribution in [0.1, 0.15) is 31.2 Å². The van der Waals surface area contributed by atoms with E-state index in [0.29, 0.717) is 0 Å². The summed E-state index contributed by atoms with van der Waals surface area (Å²) in [6.45, 7) is 3.63. The van der Waals surface area contributed by atoms with Gasteiger partial charge in [-0.2, -0.15) is 0 Å². The van der Waals surface area contributed by atoms with Crippen LogP contribution >= 0.6 is 0 Å². The lowest BCUT2D eigenvalue weighted by molar-refractivity contribution is 0.0514. The van der Waals surface area contributed by atoms with Gasteiger partial charge in [0.1, 0.15) is 0 Å². The SMILES string of the molecule is CN=C(NCC1CC1)NCC1(c2ccccc2)CCOCC1. The molecule has 3 rings (SSSR count). The highest BCUT2D eigenvalue weighted by Crippen LogP contribution is 2.34. The maximum Gasteiger partial charge on any atom is 0.191 e. The summed E-state index contributed by atoms with van der Waals surface area (Å²) in [5.41, 5.74) is 1.56. The second-order valence-corrected chi connectivity index (χ2v) is 6.51. The first-order valence-electron chi connectivity index (χ1n) is 8.40. The fraction of sp³-hybridized carbons (Fsp3) is 0.611. The Bertz CT molecular complexity index is 490. The summed E-state index contributed by atoms with van der Waals surface area (Å²) in [6.07, 6.45) is 4.83. The van der Waals surface area contributed by atoms with E-state index in [4.69, 9.17) is 4.74 Å². The minimum absolute atomic E-state index is 0.150. The second-order valence-electron chi connectivity index (χ2n) is 6.51. The molecule has 0 unspecified atom stereocenters. The number of benzene rings is 1. The summed E-state index contributed by atoms with van der Waals surface area (Å²) >= 11 is 0. The van der Waals surface area contributed by atoms with Crippen LogP contribution in [0.25, 0.3) is 0 Å². The van der Waals surface area contributed by atoms with Crippen LogP contribution < -0.4 is 10.6 Å². The van der Waals surface area contributed by atoms with Crippen molar-refractivity contribution in [1.82, 2.24) is 10.6 Å². The van der Waals surface area contributed by atoms with Crippen molar-refractivity contribution >= 4 is 5.96 Å². The minimum atomic E-state index is 0.150. The zero-order chi connectivity index (χ0) is 15.3. The zero-order valence-corrected chi connectivity index (χ0v) is 13.5. The molecule has 1 aliphatic heterocycles. The van der Waals surface area contributed by atoms with Gasteiger partial charge in [0.2, 0.25) is 0 Å². The van der Waals surface area contributed by atoms with E-state index in [-0.39, 0.29) is 5.41 Å². The van der Waals surface area contributed by atoms with Crippen LogP contribution in [0.15, 0.2) is 35.3 Å². The van der Waals surface area contributed by atoms with Gasteiger partial charge in [-0.25, -0.2) is 0 Å². The van der Waals surface area contributed by atoms with Crippen molar-refractivity contribution in [1.29, 1.82) is 0 Å². The number of nitrogens with zero attached hydrogens (tertiary/aromatic N) is 1. The fourth-order valence-electron chi connectivity index (χ4n) is 3.16. The van der Waals surface area contributed by atoms with Gasteiger partial charge in [-0.15, -0.1) is 0 Å². The Labute approximate surface area is 133 Å². The summed E-state index contributed by atoms with van der Waals surface area (Å²) in [5, 5.41) is 6.99. The average Bonchev–Trinajstić information content (AvgIpc) is 3.41. The lowest BCUT2D eigenvalue weighted by Crippen LogP contribution is -2.48. The predicted octanol–water partition coefficient (Wildman–Crippen LogP) is 2.31. The molecule has 0 bridgehead atoms. The van der Waals surface area contributed by atoms with Crippen LogP contribution in [0, 0.1) is 5.92 Å². The Hall–Kier alpha value is -1.55. The third kappa shape index (κ3) is 3.80. The molecule has 0 spiro atoms. The van der Waals surface area contributed by atoms with Crippen LogP contribution in [0.3, 0.4) is 0 Å². The summed E-state index contributed by atoms with van der Waals surface area (Å²) in [6, 6.07) is 10.8. The van der Waals surface area contributed by atoms with Gasteiger partial charge in [-0.1, -0.05) is 30.3 Å². The molecule has 1 saturated heterocycles. The molecule has 0 atom stereocenters. The number of hydrogen-bond acceptors (Lipinski definition) is 2. The molecule has 1 heterocycles. The van der Waals surface area contributed by atoms with Crippen molar-refractivity contribution < 1.29 is 4.74 Å². The van der Waals surface area contributed by atoms with Crippen molar-refractivity contribution in [3.05, 3.63) is 35.9 Å². The van der Waals surface area contributed by atoms with Crippen molar-refractivity contribution in [2.45, 2.75) is 31.1 Å². The van der Waals surface area contributed by atoms with Gasteiger partial charge in [-0.3, -0.25) is 4.99 Å². The highest BCUT2D eigenvalue weighted by atomic mass is 16.5. The van der Waals surface area contributed by atoms with Crippen LogP contribution in [-0.4, -0.2) is 39.3 Å². The highest BCUT2D eigenvalue weighted by molar-refractivity contribution is 5.79. The molecule has 120 valence electrons. The maximum atomic E-state index is 5.59. The molecule has 22 heavy (non-hydrogen) atoms. The number of hydrogen-bond donors (Lipinski definition) is 2. The quantitative estimate of drug-likeness (QED) is 0.648. The van der Waals surface area contributed by atoms with Gasteiger partial charge in [0, 0.05) is 38.8 Å². The summed E-state index contributed by atoms with van der Waals surface area (Å²) in [7, 11) is 1.85. The van der Waals surface area contributed by atoms with Gasteiger partial charge in [0.15, 0.2) is 5.96 Å². The third-order valence-electron chi connectivity index (χ3n) is 4.91. The lowest BCUT2D eigenvalue weighted by Gasteiger charge is -2.38. The Balaban J connectivity index is 1.64. The van der Waals surface area contributed by atoms with Crippen molar-refractivity contribution in [3.63, 3.8) is 0 Å². The van der Waals surface area contributed by atoms with Gasteiger partial charge in [-0.05, 0) is 37.2 Å². The van der Waals surface area contributed by atoms with Crippen molar-refractivity contribution in [2.75, 3.05) is 33.4 Å². The molecule has 4 heteroatoms. The van der Waals surface area contributed by atoms with E-state index in [2.05, 4.69) is 46.0 Å². The van der Waals surface area contributed by atoms with Crippen molar-refractivity contribution in [3.8, 4) is 0 Å². The van der Waals surface area contributed by atoms with Crippen molar-refractivity contribution in [2.24, 2.45) is 10.9 Å². The molecule has 1 aliphatic carbocycles. The standard InChI is InChI=1S/C18H27N3O/c1-19-17(20-13-15-7-8-15)21-14-18(9-11-22-12-10-18)16-5-3-2-4-6-16/h2-6,15H,7-14H2,1H3,(H2,19,20,21). The molecule has 2 aliphatic rings. The molecule has 0 aromatic heterocycles. The van der Waals surface area contributed by atoms with E-state index < -0.39 is 0 Å². The first-order chi connectivity index (χ1) is 10.8. The molecule has 0 radical (unpaired) electrons. The second kappa shape index (κ2) is 7.14. The van der Waals surface area contributed by atoms with E-state index in [1.807, 2.05) is 7.05 Å². The van der Waals surface area contributed by atoms with Gasteiger partial charge >= 0.3 is 0 Å². The normalized spacial score (nSPS) is 21.4. The highest BCUT2D eigenvalue weighted by Gasteiger charge is 2.34. The van der Waals surface area contributed by atoms with Crippen LogP contribution in [0.2, 0.25) is 0 Å². The zero-order valence-electron chi connectivity index (χ0n) is 13.5. The van der Waals surface area contributed by atoms with E-state index >= 15 is 0 Å². The Morgan fingerprint density at radius 1 is 1.18 bits per heavy atom. The molecule has 2 N–H and O–H groups in total. The van der Waals surface area contributed by atoms with Gasteiger partial charge < -0.3 is 15.4 Å². The average molecular weight is 301 g/mol. The van der Waals surface area contributed by atoms with E-state index in [1.165, 1.54) is 18.4 Å². The molecule has 1 aromatic rings. The summed E-state index contributed by atoms with van der Waals surface area (Å²) < 4.78 is 5.59. The Morgan fingerprint density at radius 3 is 2.55 bits per heavy atom. The molecule has 0 amide bonds. The number of ether oxygens (including phenoxy) is 1. The van der Waals surface area contributed by atoms with E-state index in [9.17, 15) is 0 Å². The number of aliphatic imine (C=N–C) groups is 1. The number of nitrogens with one attached hydrogen (secondary N) is 2. The number of rotatable bonds is 5. The smallest absolute Gasteiger partial charge is 0.191 e. The Morgan fingerprint density at radius 2 is 1.91 bits per heavy atom. The summed E-state index contributed by atoms with van der Waals surface area (Å²) in [4.78, 5) is 4.36. The number of guanidine groups is 1. The first-order valence-corrected chi connectivity index (χ1v) is 8.40. The molecule has 1 aromatic carbocycles. The van der Waals surface area contributed by atoms with E-state index in [0.717, 1.165) is 51.0 Å². The fourth-order valence-corrected chi connectivity index (χ4v) is 3.16. The third-order valence-corrected chi connectivity index (χ3v) is 4.91. The van der Waals surface area contributed by atoms with E-state index in [1.54, 1.807) is 0 Å². The maximum absolute atomic E-state index is 5.59. The molecular formula is C18H27N3O. The summed E-state index contributed by atoms with van der Waals surface area (Å²) in [5.74, 6) is 1.78. The van der Waals surface area contributed by atoms with Gasteiger partial charge in [0.25, 0.3) is 0 Å². The Kier molecular flexibility index (Phi) is 4.98. The molecule has 1 saturated carbocycles. The first kappa shape index (κ1) is 15.3. The topological polar surface area (TPSA) is 45.7 Å². The molecule has 4 nitrogen and oxygen atoms in total. The minimum Gasteiger partial charge on any atom is -0.381 e. The monoisotopic (exact) mass is 301 g/mol. The van der Waals surface area contributed by atoms with Crippen LogP contribution in [0.4, 0.5) is 0 Å².